The van der Waals surface area contributed by atoms with E-state index in [2.05, 4.69) is 31.4 Å². The van der Waals surface area contributed by atoms with Crippen LogP contribution in [0.1, 0.15) is 102 Å². The number of carbonyl (C=O) groups is 1. The lowest BCUT2D eigenvalue weighted by atomic mass is 9.95. The molecule has 0 unspecified atom stereocenters. The maximum absolute atomic E-state index is 12.0. The second-order valence-electron chi connectivity index (χ2n) is 8.69. The van der Waals surface area contributed by atoms with Gasteiger partial charge in [-0.3, -0.25) is 4.79 Å². The largest absolute Gasteiger partial charge is 1.00 e. The summed E-state index contributed by atoms with van der Waals surface area (Å²) in [4.78, 5) is 12.0. The molecule has 0 atom stereocenters. The third kappa shape index (κ3) is 13.7. The quantitative estimate of drug-likeness (QED) is 0.322. The molecular formula is C24H43BrN2O2. The van der Waals surface area contributed by atoms with Gasteiger partial charge in [0.25, 0.3) is 5.91 Å². The number of unbranched alkanes of at least 4 members (excludes halogenated alkanes) is 8. The number of halogens is 1. The van der Waals surface area contributed by atoms with Crippen molar-refractivity contribution in [2.45, 2.75) is 96.9 Å². The summed E-state index contributed by atoms with van der Waals surface area (Å²) < 4.78 is 0. The van der Waals surface area contributed by atoms with Crippen LogP contribution in [0.2, 0.25) is 0 Å². The van der Waals surface area contributed by atoms with Crippen molar-refractivity contribution < 1.29 is 32.2 Å². The molecule has 1 amide bonds. The van der Waals surface area contributed by atoms with E-state index in [0.29, 0.717) is 12.1 Å². The van der Waals surface area contributed by atoms with Gasteiger partial charge >= 0.3 is 0 Å². The van der Waals surface area contributed by atoms with E-state index in [9.17, 15) is 9.90 Å². The number of hydrogen-bond donors (Lipinski definition) is 3. The van der Waals surface area contributed by atoms with Crippen molar-refractivity contribution in [1.29, 1.82) is 0 Å². The minimum absolute atomic E-state index is 0. The zero-order valence-corrected chi connectivity index (χ0v) is 20.4. The predicted molar refractivity (Wildman–Crippen MR) is 118 cm³/mol. The van der Waals surface area contributed by atoms with Crippen molar-refractivity contribution in [3.63, 3.8) is 0 Å². The molecule has 1 aromatic rings. The van der Waals surface area contributed by atoms with Crippen LogP contribution in [0.5, 0.6) is 5.75 Å². The maximum atomic E-state index is 12.0. The van der Waals surface area contributed by atoms with Crippen molar-refractivity contribution >= 4 is 5.91 Å². The van der Waals surface area contributed by atoms with Gasteiger partial charge in [0, 0.05) is 19.4 Å². The number of hydrogen-bond acceptors (Lipinski definition) is 2. The van der Waals surface area contributed by atoms with Crippen LogP contribution in [0.25, 0.3) is 0 Å². The summed E-state index contributed by atoms with van der Waals surface area (Å²) in [5, 5.41) is 15.0. The number of phenols is 1. The number of quaternary nitrogens is 1. The van der Waals surface area contributed by atoms with Crippen LogP contribution >= 0.6 is 0 Å². The standard InChI is InChI=1S/C24H42N2O2.BrH/c1-4-5-6-7-8-9-10-11-14-18-24(2,3)26-20-15-19-25-23(28)21-16-12-13-17-22(21)27;/h12-13,16-17,26-27H,4-11,14-15,18-20H2,1-3H3,(H,25,28);1H. The lowest BCUT2D eigenvalue weighted by Gasteiger charge is -2.23. The highest BCUT2D eigenvalue weighted by atomic mass is 79.9. The normalized spacial score (nSPS) is 11.1. The van der Waals surface area contributed by atoms with E-state index in [-0.39, 0.29) is 34.2 Å². The molecule has 0 aliphatic heterocycles. The molecule has 0 saturated carbocycles. The fourth-order valence-electron chi connectivity index (χ4n) is 3.55. The number of phenolic OH excluding ortho intramolecular Hbond substituents is 1. The third-order valence-electron chi connectivity index (χ3n) is 5.44. The Bertz CT molecular complexity index is 549. The molecule has 1 aromatic carbocycles. The van der Waals surface area contributed by atoms with Crippen molar-refractivity contribution in [3.05, 3.63) is 29.8 Å². The highest BCUT2D eigenvalue weighted by molar-refractivity contribution is 5.96. The average Bonchev–Trinajstić information content (AvgIpc) is 2.66. The summed E-state index contributed by atoms with van der Waals surface area (Å²) in [5.74, 6) is -0.166. The average molecular weight is 472 g/mol. The van der Waals surface area contributed by atoms with E-state index in [1.807, 2.05) is 0 Å². The number of nitrogens with one attached hydrogen (secondary N) is 1. The SMILES string of the molecule is CCCCCCCCCCCC(C)(C)[NH2+]CCCNC(=O)c1ccccc1O.[Br-]. The Labute approximate surface area is 189 Å². The first-order valence-corrected chi connectivity index (χ1v) is 11.4. The van der Waals surface area contributed by atoms with Crippen LogP contribution in [-0.4, -0.2) is 29.6 Å². The Morgan fingerprint density at radius 1 is 0.966 bits per heavy atom. The molecule has 0 saturated heterocycles. The van der Waals surface area contributed by atoms with Crippen molar-refractivity contribution in [2.24, 2.45) is 0 Å². The molecule has 1 rings (SSSR count). The van der Waals surface area contributed by atoms with E-state index < -0.39 is 0 Å². The summed E-state index contributed by atoms with van der Waals surface area (Å²) in [5.41, 5.74) is 0.611. The molecule has 0 aliphatic carbocycles. The van der Waals surface area contributed by atoms with Crippen LogP contribution in [-0.2, 0) is 0 Å². The molecule has 0 aromatic heterocycles. The van der Waals surface area contributed by atoms with E-state index in [1.165, 1.54) is 70.3 Å². The highest BCUT2D eigenvalue weighted by Crippen LogP contribution is 2.15. The molecule has 0 spiro atoms. The van der Waals surface area contributed by atoms with Crippen molar-refractivity contribution in [1.82, 2.24) is 5.32 Å². The van der Waals surface area contributed by atoms with Gasteiger partial charge in [0.2, 0.25) is 0 Å². The van der Waals surface area contributed by atoms with Gasteiger partial charge in [0.15, 0.2) is 0 Å². The van der Waals surface area contributed by atoms with Gasteiger partial charge in [0.05, 0.1) is 17.6 Å². The zero-order chi connectivity index (χ0) is 20.7. The minimum Gasteiger partial charge on any atom is -1.00 e. The molecule has 0 bridgehead atoms. The lowest BCUT2D eigenvalue weighted by Crippen LogP contribution is -3.00. The fraction of sp³-hybridized carbons (Fsp3) is 0.708. The Morgan fingerprint density at radius 2 is 1.55 bits per heavy atom. The van der Waals surface area contributed by atoms with Gasteiger partial charge in [-0.2, -0.15) is 0 Å². The summed E-state index contributed by atoms with van der Waals surface area (Å²) in [6.07, 6.45) is 14.5. The Hall–Kier alpha value is -1.07. The summed E-state index contributed by atoms with van der Waals surface area (Å²) >= 11 is 0. The number of rotatable bonds is 16. The second kappa shape index (κ2) is 16.7. The maximum Gasteiger partial charge on any atom is 0.255 e. The Morgan fingerprint density at radius 3 is 2.17 bits per heavy atom. The molecule has 4 nitrogen and oxygen atoms in total. The summed E-state index contributed by atoms with van der Waals surface area (Å²) in [6, 6.07) is 6.66. The smallest absolute Gasteiger partial charge is 0.255 e. The molecule has 5 heteroatoms. The first kappa shape index (κ1) is 27.9. The number of carbonyl (C=O) groups excluding carboxylic acids is 1. The fourth-order valence-corrected chi connectivity index (χ4v) is 3.55. The first-order chi connectivity index (χ1) is 13.5. The van der Waals surface area contributed by atoms with Gasteiger partial charge < -0.3 is 32.7 Å². The summed E-state index contributed by atoms with van der Waals surface area (Å²) in [6.45, 7) is 8.55. The third-order valence-corrected chi connectivity index (χ3v) is 5.44. The van der Waals surface area contributed by atoms with Gasteiger partial charge in [0.1, 0.15) is 5.75 Å². The van der Waals surface area contributed by atoms with E-state index in [4.69, 9.17) is 0 Å². The molecule has 0 radical (unpaired) electrons. The van der Waals surface area contributed by atoms with Crippen molar-refractivity contribution in [3.8, 4) is 5.75 Å². The van der Waals surface area contributed by atoms with Crippen LogP contribution in [0.15, 0.2) is 24.3 Å². The number of aromatic hydroxyl groups is 1. The van der Waals surface area contributed by atoms with Crippen LogP contribution in [0.4, 0.5) is 0 Å². The molecule has 0 fully saturated rings. The molecule has 0 heterocycles. The highest BCUT2D eigenvalue weighted by Gasteiger charge is 2.20. The molecule has 0 aliphatic rings. The van der Waals surface area contributed by atoms with Gasteiger partial charge in [-0.15, -0.1) is 0 Å². The van der Waals surface area contributed by atoms with Crippen LogP contribution < -0.4 is 27.6 Å². The Kier molecular flexibility index (Phi) is 16.1. The van der Waals surface area contributed by atoms with Crippen LogP contribution in [0, 0.1) is 0 Å². The summed E-state index contributed by atoms with van der Waals surface area (Å²) in [7, 11) is 0. The second-order valence-corrected chi connectivity index (χ2v) is 8.69. The van der Waals surface area contributed by atoms with E-state index in [1.54, 1.807) is 18.2 Å². The number of amides is 1. The molecule has 29 heavy (non-hydrogen) atoms. The topological polar surface area (TPSA) is 65.9 Å². The number of nitrogens with two attached hydrogens (primary N) is 1. The van der Waals surface area contributed by atoms with Gasteiger partial charge in [-0.1, -0.05) is 70.4 Å². The molecular weight excluding hydrogens is 428 g/mol. The monoisotopic (exact) mass is 470 g/mol. The zero-order valence-electron chi connectivity index (χ0n) is 18.8. The molecule has 4 N–H and O–H groups in total. The lowest BCUT2D eigenvalue weighted by molar-refractivity contribution is -0.721. The first-order valence-electron chi connectivity index (χ1n) is 11.4. The number of benzene rings is 1. The Balaban J connectivity index is 0.00000784. The van der Waals surface area contributed by atoms with Gasteiger partial charge in [-0.25, -0.2) is 0 Å². The molecule has 168 valence electrons. The van der Waals surface area contributed by atoms with E-state index >= 15 is 0 Å². The number of para-hydroxylation sites is 1. The van der Waals surface area contributed by atoms with E-state index in [0.717, 1.165) is 13.0 Å². The van der Waals surface area contributed by atoms with Crippen LogP contribution in [0.3, 0.4) is 0 Å². The van der Waals surface area contributed by atoms with Crippen molar-refractivity contribution in [2.75, 3.05) is 13.1 Å². The predicted octanol–water partition coefficient (Wildman–Crippen LogP) is 1.78. The van der Waals surface area contributed by atoms with Gasteiger partial charge in [-0.05, 0) is 32.4 Å². The minimum atomic E-state index is -0.202.